The Hall–Kier alpha value is -1.84. The van der Waals surface area contributed by atoms with Crippen LogP contribution in [0.2, 0.25) is 0 Å². The Morgan fingerprint density at radius 1 is 0.917 bits per heavy atom. The van der Waals surface area contributed by atoms with Crippen molar-refractivity contribution in [1.82, 2.24) is 14.6 Å². The number of rotatable bonds is 0. The van der Waals surface area contributed by atoms with E-state index in [1.165, 1.54) is 11.0 Å². The third-order valence-corrected chi connectivity index (χ3v) is 1.11. The average Bonchev–Trinajstić information content (AvgIpc) is 2.60. The standard InChI is InChI=1S/C4H4N2.C4H6N2/c1-2-5-4-6-3-1;5-6-3-1-2-4-6/h1-4H;1-4H,5H2. The van der Waals surface area contributed by atoms with E-state index in [4.69, 9.17) is 5.84 Å². The maximum absolute atomic E-state index is 5.19. The van der Waals surface area contributed by atoms with E-state index in [9.17, 15) is 0 Å². The Balaban J connectivity index is 0.000000120. The Kier molecular flexibility index (Phi) is 3.37. The molecule has 0 atom stereocenters. The highest BCUT2D eigenvalue weighted by molar-refractivity contribution is 4.89. The van der Waals surface area contributed by atoms with E-state index in [2.05, 4.69) is 9.97 Å². The SMILES string of the molecule is Nn1cccc1.c1cncnc1. The number of nitrogen functional groups attached to an aromatic ring is 1. The molecular formula is C8H10N4. The summed E-state index contributed by atoms with van der Waals surface area (Å²) in [5.74, 6) is 5.19. The molecule has 0 aromatic carbocycles. The minimum absolute atomic E-state index is 1.50. The van der Waals surface area contributed by atoms with Gasteiger partial charge in [0.25, 0.3) is 0 Å². The van der Waals surface area contributed by atoms with Gasteiger partial charge in [0.05, 0.1) is 0 Å². The number of nitrogens with zero attached hydrogens (tertiary/aromatic N) is 3. The van der Waals surface area contributed by atoms with Crippen LogP contribution in [0.5, 0.6) is 0 Å². The van der Waals surface area contributed by atoms with Crippen molar-refractivity contribution in [2.24, 2.45) is 0 Å². The highest BCUT2D eigenvalue weighted by atomic mass is 15.3. The molecule has 0 unspecified atom stereocenters. The summed E-state index contributed by atoms with van der Waals surface area (Å²) >= 11 is 0. The first-order chi connectivity index (χ1) is 5.89. The van der Waals surface area contributed by atoms with E-state index < -0.39 is 0 Å². The molecule has 2 rings (SSSR count). The first-order valence-corrected chi connectivity index (χ1v) is 3.47. The topological polar surface area (TPSA) is 56.7 Å². The molecule has 0 spiro atoms. The fourth-order valence-corrected chi connectivity index (χ4v) is 0.601. The van der Waals surface area contributed by atoms with Gasteiger partial charge in [-0.3, -0.25) is 4.68 Å². The fourth-order valence-electron chi connectivity index (χ4n) is 0.601. The number of nitrogens with two attached hydrogens (primary N) is 1. The molecule has 12 heavy (non-hydrogen) atoms. The lowest BCUT2D eigenvalue weighted by Crippen LogP contribution is -2.02. The molecule has 0 saturated heterocycles. The lowest BCUT2D eigenvalue weighted by molar-refractivity contribution is 1.02. The van der Waals surface area contributed by atoms with Gasteiger partial charge in [0.2, 0.25) is 0 Å². The lowest BCUT2D eigenvalue weighted by atomic mass is 10.7. The summed E-state index contributed by atoms with van der Waals surface area (Å²) in [6.07, 6.45) is 8.43. The zero-order valence-electron chi connectivity index (χ0n) is 6.54. The summed E-state index contributed by atoms with van der Waals surface area (Å²) in [5, 5.41) is 0. The van der Waals surface area contributed by atoms with Gasteiger partial charge in [-0.15, -0.1) is 0 Å². The van der Waals surface area contributed by atoms with Crippen LogP contribution >= 0.6 is 0 Å². The van der Waals surface area contributed by atoms with Gasteiger partial charge in [-0.25, -0.2) is 9.97 Å². The first-order valence-electron chi connectivity index (χ1n) is 3.47. The maximum atomic E-state index is 5.19. The van der Waals surface area contributed by atoms with E-state index in [1.807, 2.05) is 12.1 Å². The van der Waals surface area contributed by atoms with Crippen molar-refractivity contribution in [3.63, 3.8) is 0 Å². The van der Waals surface area contributed by atoms with Crippen molar-refractivity contribution in [2.45, 2.75) is 0 Å². The van der Waals surface area contributed by atoms with Gasteiger partial charge in [0, 0.05) is 24.8 Å². The van der Waals surface area contributed by atoms with Gasteiger partial charge >= 0.3 is 0 Å². The van der Waals surface area contributed by atoms with Crippen molar-refractivity contribution in [2.75, 3.05) is 5.84 Å². The van der Waals surface area contributed by atoms with Crippen LogP contribution in [0.1, 0.15) is 0 Å². The molecule has 0 aliphatic heterocycles. The van der Waals surface area contributed by atoms with Gasteiger partial charge in [0.1, 0.15) is 6.33 Å². The average molecular weight is 162 g/mol. The van der Waals surface area contributed by atoms with Crippen LogP contribution in [0.15, 0.2) is 49.3 Å². The van der Waals surface area contributed by atoms with Crippen molar-refractivity contribution < 1.29 is 0 Å². The van der Waals surface area contributed by atoms with Crippen LogP contribution < -0.4 is 5.84 Å². The molecule has 0 bridgehead atoms. The third kappa shape index (κ3) is 3.36. The largest absolute Gasteiger partial charge is 0.340 e. The van der Waals surface area contributed by atoms with Crippen molar-refractivity contribution >= 4 is 0 Å². The van der Waals surface area contributed by atoms with E-state index in [0.29, 0.717) is 0 Å². The molecule has 0 saturated carbocycles. The fraction of sp³-hybridized carbons (Fsp3) is 0. The molecule has 0 aliphatic carbocycles. The minimum atomic E-state index is 1.50. The van der Waals surface area contributed by atoms with E-state index in [1.54, 1.807) is 30.9 Å². The van der Waals surface area contributed by atoms with Crippen LogP contribution in [-0.4, -0.2) is 14.6 Å². The Morgan fingerprint density at radius 2 is 1.50 bits per heavy atom. The minimum Gasteiger partial charge on any atom is -0.340 e. The second-order valence-electron chi connectivity index (χ2n) is 2.03. The Morgan fingerprint density at radius 3 is 1.67 bits per heavy atom. The molecular weight excluding hydrogens is 152 g/mol. The molecule has 62 valence electrons. The van der Waals surface area contributed by atoms with Crippen LogP contribution in [0.25, 0.3) is 0 Å². The summed E-state index contributed by atoms with van der Waals surface area (Å²) in [6, 6.07) is 5.53. The van der Waals surface area contributed by atoms with Crippen LogP contribution in [-0.2, 0) is 0 Å². The van der Waals surface area contributed by atoms with Crippen LogP contribution in [0.3, 0.4) is 0 Å². The molecule has 0 amide bonds. The van der Waals surface area contributed by atoms with Crippen molar-refractivity contribution in [3.05, 3.63) is 49.3 Å². The Bertz CT molecular complexity index is 250. The molecule has 4 heteroatoms. The van der Waals surface area contributed by atoms with E-state index >= 15 is 0 Å². The van der Waals surface area contributed by atoms with Gasteiger partial charge < -0.3 is 5.84 Å². The monoisotopic (exact) mass is 162 g/mol. The second-order valence-corrected chi connectivity index (χ2v) is 2.03. The van der Waals surface area contributed by atoms with Crippen LogP contribution in [0.4, 0.5) is 0 Å². The molecule has 2 heterocycles. The zero-order chi connectivity index (χ0) is 8.65. The first kappa shape index (κ1) is 8.26. The summed E-state index contributed by atoms with van der Waals surface area (Å²) in [5.41, 5.74) is 0. The van der Waals surface area contributed by atoms with Crippen LogP contribution in [0, 0.1) is 0 Å². The quantitative estimate of drug-likeness (QED) is 0.579. The summed E-state index contributed by atoms with van der Waals surface area (Å²) in [4.78, 5) is 7.35. The third-order valence-electron chi connectivity index (χ3n) is 1.11. The zero-order valence-corrected chi connectivity index (χ0v) is 6.54. The van der Waals surface area contributed by atoms with Gasteiger partial charge in [0.15, 0.2) is 0 Å². The summed E-state index contributed by atoms with van der Waals surface area (Å²) in [6.45, 7) is 0. The van der Waals surface area contributed by atoms with Crippen molar-refractivity contribution in [1.29, 1.82) is 0 Å². The predicted molar refractivity (Wildman–Crippen MR) is 46.6 cm³/mol. The van der Waals surface area contributed by atoms with Gasteiger partial charge in [-0.05, 0) is 18.2 Å². The predicted octanol–water partition coefficient (Wildman–Crippen LogP) is 0.678. The molecule has 0 fully saturated rings. The highest BCUT2D eigenvalue weighted by Crippen LogP contribution is 1.77. The van der Waals surface area contributed by atoms with Gasteiger partial charge in [-0.2, -0.15) is 0 Å². The molecule has 0 aliphatic rings. The number of aromatic nitrogens is 3. The number of hydrogen-bond acceptors (Lipinski definition) is 3. The lowest BCUT2D eigenvalue weighted by Gasteiger charge is -1.81. The molecule has 2 aromatic heterocycles. The normalized spacial score (nSPS) is 8.33. The van der Waals surface area contributed by atoms with E-state index in [-0.39, 0.29) is 0 Å². The second kappa shape index (κ2) is 4.90. The highest BCUT2D eigenvalue weighted by Gasteiger charge is 1.68. The molecule has 2 N–H and O–H groups in total. The summed E-state index contributed by atoms with van der Waals surface area (Å²) < 4.78 is 1.50. The number of hydrogen-bond donors (Lipinski definition) is 1. The van der Waals surface area contributed by atoms with Gasteiger partial charge in [-0.1, -0.05) is 0 Å². The van der Waals surface area contributed by atoms with E-state index in [0.717, 1.165) is 0 Å². The Labute approximate surface area is 70.7 Å². The maximum Gasteiger partial charge on any atom is 0.115 e. The molecule has 0 radical (unpaired) electrons. The molecule has 2 aromatic rings. The van der Waals surface area contributed by atoms with Crippen molar-refractivity contribution in [3.8, 4) is 0 Å². The summed E-state index contributed by atoms with van der Waals surface area (Å²) in [7, 11) is 0. The molecule has 4 nitrogen and oxygen atoms in total. The smallest absolute Gasteiger partial charge is 0.115 e.